The Balaban J connectivity index is 1.33. The van der Waals surface area contributed by atoms with Crippen LogP contribution in [0.5, 0.6) is 0 Å². The number of nitrogens with zero attached hydrogens (tertiary/aromatic N) is 3. The number of carbonyl (C=O) groups is 1. The maximum absolute atomic E-state index is 12.7. The summed E-state index contributed by atoms with van der Waals surface area (Å²) < 4.78 is 0. The number of nitrogens with one attached hydrogen (secondary N) is 2. The molecule has 1 fully saturated rings. The van der Waals surface area contributed by atoms with Crippen molar-refractivity contribution in [3.63, 3.8) is 0 Å². The van der Waals surface area contributed by atoms with Gasteiger partial charge in [0.1, 0.15) is 5.82 Å². The molecule has 3 N–H and O–H groups in total. The van der Waals surface area contributed by atoms with Crippen LogP contribution < -0.4 is 10.2 Å². The van der Waals surface area contributed by atoms with Crippen LogP contribution >= 0.6 is 0 Å². The van der Waals surface area contributed by atoms with Crippen LogP contribution in [0, 0.1) is 5.92 Å². The molecule has 1 amide bonds. The van der Waals surface area contributed by atoms with Gasteiger partial charge in [0.2, 0.25) is 5.91 Å². The van der Waals surface area contributed by atoms with E-state index in [1.807, 2.05) is 24.4 Å². The van der Waals surface area contributed by atoms with Crippen LogP contribution in [0.4, 0.5) is 5.82 Å². The van der Waals surface area contributed by atoms with Crippen molar-refractivity contribution in [2.24, 2.45) is 5.92 Å². The molecule has 2 aromatic heterocycles. The Morgan fingerprint density at radius 2 is 2.11 bits per heavy atom. The molecule has 0 spiro atoms. The SMILES string of the molecule is O=C(NC(CO)Cc1c[nH]c2ccccc12)C1CCN(c2cnccn2)CC1. The number of hydrogen-bond acceptors (Lipinski definition) is 5. The van der Waals surface area contributed by atoms with Gasteiger partial charge in [-0.25, -0.2) is 4.98 Å². The number of amides is 1. The van der Waals surface area contributed by atoms with Crippen molar-refractivity contribution in [2.45, 2.75) is 25.3 Å². The van der Waals surface area contributed by atoms with Crippen molar-refractivity contribution in [1.29, 1.82) is 0 Å². The minimum Gasteiger partial charge on any atom is -0.394 e. The molecule has 3 aromatic rings. The lowest BCUT2D eigenvalue weighted by molar-refractivity contribution is -0.126. The first-order chi connectivity index (χ1) is 13.7. The highest BCUT2D eigenvalue weighted by Crippen LogP contribution is 2.22. The quantitative estimate of drug-likeness (QED) is 0.608. The van der Waals surface area contributed by atoms with E-state index in [9.17, 15) is 9.90 Å². The molecule has 4 rings (SSSR count). The first-order valence-corrected chi connectivity index (χ1v) is 9.72. The number of fused-ring (bicyclic) bond motifs is 1. The topological polar surface area (TPSA) is 94.1 Å². The van der Waals surface area contributed by atoms with Crippen LogP contribution in [0.1, 0.15) is 18.4 Å². The third-order valence-electron chi connectivity index (χ3n) is 5.45. The number of hydrogen-bond donors (Lipinski definition) is 3. The smallest absolute Gasteiger partial charge is 0.223 e. The molecule has 1 aliphatic rings. The Kier molecular flexibility index (Phi) is 5.53. The summed E-state index contributed by atoms with van der Waals surface area (Å²) in [4.78, 5) is 26.6. The minimum absolute atomic E-state index is 0.0256. The highest BCUT2D eigenvalue weighted by molar-refractivity contribution is 5.83. The van der Waals surface area contributed by atoms with Gasteiger partial charge in [0.25, 0.3) is 0 Å². The summed E-state index contributed by atoms with van der Waals surface area (Å²) in [7, 11) is 0. The molecule has 7 heteroatoms. The number of piperidine rings is 1. The molecule has 0 radical (unpaired) electrons. The monoisotopic (exact) mass is 379 g/mol. The lowest BCUT2D eigenvalue weighted by Gasteiger charge is -2.32. The summed E-state index contributed by atoms with van der Waals surface area (Å²) >= 11 is 0. The lowest BCUT2D eigenvalue weighted by atomic mass is 9.95. The number of anilines is 1. The highest BCUT2D eigenvalue weighted by Gasteiger charge is 2.27. The Morgan fingerprint density at radius 3 is 2.86 bits per heavy atom. The number of aliphatic hydroxyl groups excluding tert-OH is 1. The summed E-state index contributed by atoms with van der Waals surface area (Å²) in [6.45, 7) is 1.48. The molecule has 0 saturated carbocycles. The van der Waals surface area contributed by atoms with Crippen molar-refractivity contribution in [3.8, 4) is 0 Å². The number of aromatic amines is 1. The second-order valence-corrected chi connectivity index (χ2v) is 7.28. The number of para-hydroxylation sites is 1. The standard InChI is InChI=1S/C21H25N5O2/c27-14-17(11-16-12-24-19-4-2-1-3-18(16)19)25-21(28)15-5-9-26(10-6-15)20-13-22-7-8-23-20/h1-4,7-8,12-13,15,17,24,27H,5-6,9-11,14H2,(H,25,28). The van der Waals surface area contributed by atoms with E-state index in [0.29, 0.717) is 6.42 Å². The summed E-state index contributed by atoms with van der Waals surface area (Å²) in [5, 5.41) is 14.0. The third kappa shape index (κ3) is 3.99. The van der Waals surface area contributed by atoms with E-state index >= 15 is 0 Å². The van der Waals surface area contributed by atoms with Crippen LogP contribution in [-0.4, -0.2) is 51.7 Å². The van der Waals surface area contributed by atoms with Crippen LogP contribution in [0.2, 0.25) is 0 Å². The van der Waals surface area contributed by atoms with Crippen LogP contribution in [0.15, 0.2) is 49.1 Å². The maximum Gasteiger partial charge on any atom is 0.223 e. The van der Waals surface area contributed by atoms with Crippen molar-refractivity contribution in [3.05, 3.63) is 54.6 Å². The van der Waals surface area contributed by atoms with Gasteiger partial charge in [-0.1, -0.05) is 18.2 Å². The van der Waals surface area contributed by atoms with Gasteiger partial charge in [0, 0.05) is 48.5 Å². The second-order valence-electron chi connectivity index (χ2n) is 7.28. The van der Waals surface area contributed by atoms with Crippen LogP contribution in [-0.2, 0) is 11.2 Å². The molecule has 1 aliphatic heterocycles. The molecular weight excluding hydrogens is 354 g/mol. The van der Waals surface area contributed by atoms with E-state index in [2.05, 4.69) is 31.2 Å². The fourth-order valence-electron chi connectivity index (χ4n) is 3.87. The first-order valence-electron chi connectivity index (χ1n) is 9.72. The molecule has 7 nitrogen and oxygen atoms in total. The fraction of sp³-hybridized carbons (Fsp3) is 0.381. The average Bonchev–Trinajstić information content (AvgIpc) is 3.17. The molecule has 0 bridgehead atoms. The molecular formula is C21H25N5O2. The van der Waals surface area contributed by atoms with Gasteiger partial charge in [-0.15, -0.1) is 0 Å². The van der Waals surface area contributed by atoms with E-state index < -0.39 is 0 Å². The van der Waals surface area contributed by atoms with E-state index in [1.54, 1.807) is 18.6 Å². The fourth-order valence-corrected chi connectivity index (χ4v) is 3.87. The van der Waals surface area contributed by atoms with Crippen molar-refractivity contribution in [2.75, 3.05) is 24.6 Å². The highest BCUT2D eigenvalue weighted by atomic mass is 16.3. The number of rotatable bonds is 6. The predicted molar refractivity (Wildman–Crippen MR) is 108 cm³/mol. The molecule has 146 valence electrons. The molecule has 1 aromatic carbocycles. The molecule has 1 atom stereocenters. The minimum atomic E-state index is -0.287. The van der Waals surface area contributed by atoms with Crippen molar-refractivity contribution >= 4 is 22.6 Å². The summed E-state index contributed by atoms with van der Waals surface area (Å²) in [5.41, 5.74) is 2.17. The predicted octanol–water partition coefficient (Wildman–Crippen LogP) is 1.89. The van der Waals surface area contributed by atoms with Crippen molar-refractivity contribution in [1.82, 2.24) is 20.3 Å². The van der Waals surface area contributed by atoms with E-state index in [0.717, 1.165) is 48.2 Å². The zero-order valence-electron chi connectivity index (χ0n) is 15.7. The van der Waals surface area contributed by atoms with Gasteiger partial charge in [0.05, 0.1) is 18.8 Å². The molecule has 28 heavy (non-hydrogen) atoms. The zero-order chi connectivity index (χ0) is 19.3. The number of H-pyrrole nitrogens is 1. The Hall–Kier alpha value is -2.93. The van der Waals surface area contributed by atoms with Crippen LogP contribution in [0.3, 0.4) is 0 Å². The summed E-state index contributed by atoms with van der Waals surface area (Å²) in [5.74, 6) is 0.844. The Bertz CT molecular complexity index is 919. The van der Waals surface area contributed by atoms with Gasteiger partial charge >= 0.3 is 0 Å². The first kappa shape index (κ1) is 18.4. The summed E-state index contributed by atoms with van der Waals surface area (Å²) in [6.07, 6.45) is 9.20. The van der Waals surface area contributed by atoms with E-state index in [-0.39, 0.29) is 24.5 Å². The molecule has 1 saturated heterocycles. The molecule has 1 unspecified atom stereocenters. The van der Waals surface area contributed by atoms with Gasteiger partial charge < -0.3 is 20.3 Å². The van der Waals surface area contributed by atoms with Crippen molar-refractivity contribution < 1.29 is 9.90 Å². The Morgan fingerprint density at radius 1 is 1.29 bits per heavy atom. The molecule has 3 heterocycles. The van der Waals surface area contributed by atoms with Gasteiger partial charge in [-0.2, -0.15) is 0 Å². The normalized spacial score (nSPS) is 16.2. The Labute approximate surface area is 163 Å². The van der Waals surface area contributed by atoms with Gasteiger partial charge in [-0.3, -0.25) is 9.78 Å². The van der Waals surface area contributed by atoms with E-state index in [4.69, 9.17) is 0 Å². The van der Waals surface area contributed by atoms with Gasteiger partial charge in [0.15, 0.2) is 0 Å². The second kappa shape index (κ2) is 8.39. The third-order valence-corrected chi connectivity index (χ3v) is 5.45. The number of aromatic nitrogens is 3. The maximum atomic E-state index is 12.7. The van der Waals surface area contributed by atoms with Gasteiger partial charge in [-0.05, 0) is 30.9 Å². The largest absolute Gasteiger partial charge is 0.394 e. The van der Waals surface area contributed by atoms with E-state index in [1.165, 1.54) is 0 Å². The zero-order valence-corrected chi connectivity index (χ0v) is 15.7. The molecule has 0 aliphatic carbocycles. The lowest BCUT2D eigenvalue weighted by Crippen LogP contribution is -2.46. The van der Waals surface area contributed by atoms with Crippen LogP contribution in [0.25, 0.3) is 10.9 Å². The summed E-state index contributed by atoms with van der Waals surface area (Å²) in [6, 6.07) is 7.78. The number of aliphatic hydroxyl groups is 1. The average molecular weight is 379 g/mol. The number of benzene rings is 1. The number of carbonyl (C=O) groups excluding carboxylic acids is 1.